The molecule has 1 aliphatic heterocycles. The Bertz CT molecular complexity index is 402. The van der Waals surface area contributed by atoms with E-state index in [0.29, 0.717) is 6.54 Å². The van der Waals surface area contributed by atoms with Gasteiger partial charge in [-0.3, -0.25) is 10.1 Å². The summed E-state index contributed by atoms with van der Waals surface area (Å²) in [6.45, 7) is 4.61. The lowest BCUT2D eigenvalue weighted by Crippen LogP contribution is -2.30. The van der Waals surface area contributed by atoms with Gasteiger partial charge in [-0.15, -0.1) is 0 Å². The molecule has 1 aromatic carbocycles. The van der Waals surface area contributed by atoms with Gasteiger partial charge < -0.3 is 9.64 Å². The molecule has 2 rings (SSSR count). The third kappa shape index (κ3) is 2.13. The molecule has 1 fully saturated rings. The number of likely N-dealkylation sites (N-methyl/N-ethyl adjacent to an activating group) is 1. The van der Waals surface area contributed by atoms with Gasteiger partial charge in [-0.25, -0.2) is 0 Å². The summed E-state index contributed by atoms with van der Waals surface area (Å²) in [5, 5.41) is 3.29. The van der Waals surface area contributed by atoms with Gasteiger partial charge in [0.1, 0.15) is 11.9 Å². The first-order chi connectivity index (χ1) is 8.17. The molecule has 0 aromatic heterocycles. The van der Waals surface area contributed by atoms with E-state index in [0.717, 1.165) is 11.3 Å². The van der Waals surface area contributed by atoms with E-state index in [1.165, 1.54) is 0 Å². The van der Waals surface area contributed by atoms with Crippen LogP contribution in [0.5, 0.6) is 5.75 Å². The monoisotopic (exact) mass is 234 g/mol. The summed E-state index contributed by atoms with van der Waals surface area (Å²) >= 11 is 0. The number of carbonyl (C=O) groups excluding carboxylic acids is 1. The zero-order chi connectivity index (χ0) is 12.4. The highest BCUT2D eigenvalue weighted by molar-refractivity contribution is 5.84. The van der Waals surface area contributed by atoms with Gasteiger partial charge in [0.2, 0.25) is 5.91 Å². The number of nitrogens with zero attached hydrogens (tertiary/aromatic N) is 1. The van der Waals surface area contributed by atoms with Gasteiger partial charge in [-0.05, 0) is 31.5 Å². The number of hydrogen-bond donors (Lipinski definition) is 1. The quantitative estimate of drug-likeness (QED) is 0.862. The van der Waals surface area contributed by atoms with Crippen molar-refractivity contribution in [2.24, 2.45) is 0 Å². The lowest BCUT2D eigenvalue weighted by Gasteiger charge is -2.23. The van der Waals surface area contributed by atoms with Crippen LogP contribution < -0.4 is 10.1 Å². The van der Waals surface area contributed by atoms with Crippen LogP contribution in [0.4, 0.5) is 0 Å². The summed E-state index contributed by atoms with van der Waals surface area (Å²) < 4.78 is 5.13. The van der Waals surface area contributed by atoms with Gasteiger partial charge in [-0.2, -0.15) is 0 Å². The normalized spacial score (nSPS) is 24.2. The molecule has 1 aliphatic rings. The first-order valence-electron chi connectivity index (χ1n) is 5.88. The average molecular weight is 234 g/mol. The van der Waals surface area contributed by atoms with Crippen molar-refractivity contribution in [3.8, 4) is 5.75 Å². The van der Waals surface area contributed by atoms with Gasteiger partial charge in [-0.1, -0.05) is 12.1 Å². The molecule has 0 radical (unpaired) electrons. The van der Waals surface area contributed by atoms with Gasteiger partial charge in [0.05, 0.1) is 13.2 Å². The molecule has 4 nitrogen and oxygen atoms in total. The summed E-state index contributed by atoms with van der Waals surface area (Å²) in [5.74, 6) is 0.988. The van der Waals surface area contributed by atoms with Crippen LogP contribution in [0.3, 0.4) is 0 Å². The predicted molar refractivity (Wildman–Crippen MR) is 65.7 cm³/mol. The lowest BCUT2D eigenvalue weighted by molar-refractivity contribution is -0.129. The van der Waals surface area contributed by atoms with Crippen molar-refractivity contribution in [2.45, 2.75) is 26.1 Å². The van der Waals surface area contributed by atoms with E-state index in [2.05, 4.69) is 5.32 Å². The minimum absolute atomic E-state index is 0.0200. The zero-order valence-corrected chi connectivity index (χ0v) is 10.4. The fourth-order valence-corrected chi connectivity index (χ4v) is 2.17. The number of benzene rings is 1. The third-order valence-electron chi connectivity index (χ3n) is 3.15. The fraction of sp³-hybridized carbons (Fsp3) is 0.462. The van der Waals surface area contributed by atoms with Crippen molar-refractivity contribution in [3.05, 3.63) is 29.8 Å². The highest BCUT2D eigenvalue weighted by Gasteiger charge is 2.35. The Kier molecular flexibility index (Phi) is 3.33. The van der Waals surface area contributed by atoms with Gasteiger partial charge >= 0.3 is 0 Å². The van der Waals surface area contributed by atoms with Crippen LogP contribution in [-0.2, 0) is 4.79 Å². The molecule has 4 heteroatoms. The molecule has 1 aromatic rings. The van der Waals surface area contributed by atoms with Gasteiger partial charge in [0, 0.05) is 6.54 Å². The molecule has 92 valence electrons. The number of hydrogen-bond acceptors (Lipinski definition) is 3. The Morgan fingerprint density at radius 1 is 1.35 bits per heavy atom. The van der Waals surface area contributed by atoms with Crippen molar-refractivity contribution >= 4 is 5.91 Å². The van der Waals surface area contributed by atoms with E-state index in [4.69, 9.17) is 4.74 Å². The molecule has 1 N–H and O–H groups in total. The predicted octanol–water partition coefficient (Wildman–Crippen LogP) is 1.53. The van der Waals surface area contributed by atoms with Gasteiger partial charge in [0.25, 0.3) is 0 Å². The van der Waals surface area contributed by atoms with Crippen molar-refractivity contribution in [3.63, 3.8) is 0 Å². The molecule has 1 heterocycles. The minimum atomic E-state index is -0.109. The summed E-state index contributed by atoms with van der Waals surface area (Å²) in [7, 11) is 1.65. The van der Waals surface area contributed by atoms with E-state index in [1.807, 2.05) is 43.0 Å². The van der Waals surface area contributed by atoms with Crippen molar-refractivity contribution in [1.29, 1.82) is 0 Å². The number of carbonyl (C=O) groups is 1. The Hall–Kier alpha value is -1.55. The number of nitrogens with one attached hydrogen (secondary N) is 1. The average Bonchev–Trinajstić information content (AvgIpc) is 2.65. The maximum Gasteiger partial charge on any atom is 0.241 e. The second-order valence-corrected chi connectivity index (χ2v) is 4.19. The lowest BCUT2D eigenvalue weighted by atomic mass is 10.1. The highest BCUT2D eigenvalue weighted by atomic mass is 16.5. The van der Waals surface area contributed by atoms with Crippen molar-refractivity contribution < 1.29 is 9.53 Å². The summed E-state index contributed by atoms with van der Waals surface area (Å²) in [6, 6.07) is 7.70. The maximum atomic E-state index is 11.9. The van der Waals surface area contributed by atoms with E-state index in [9.17, 15) is 4.79 Å². The molecule has 1 amide bonds. The van der Waals surface area contributed by atoms with Crippen LogP contribution in [0.15, 0.2) is 24.3 Å². The Balaban J connectivity index is 2.23. The Labute approximate surface area is 102 Å². The maximum absolute atomic E-state index is 11.9. The van der Waals surface area contributed by atoms with E-state index in [-0.39, 0.29) is 18.1 Å². The summed E-state index contributed by atoms with van der Waals surface area (Å²) in [6.07, 6.45) is -0.0200. The first kappa shape index (κ1) is 11.9. The minimum Gasteiger partial charge on any atom is -0.497 e. The molecule has 17 heavy (non-hydrogen) atoms. The first-order valence-corrected chi connectivity index (χ1v) is 5.88. The van der Waals surface area contributed by atoms with Crippen LogP contribution in [0.25, 0.3) is 0 Å². The topological polar surface area (TPSA) is 41.6 Å². The van der Waals surface area contributed by atoms with Gasteiger partial charge in [0.15, 0.2) is 0 Å². The van der Waals surface area contributed by atoms with E-state index in [1.54, 1.807) is 7.11 Å². The molecule has 0 bridgehead atoms. The van der Waals surface area contributed by atoms with Crippen LogP contribution in [0, 0.1) is 0 Å². The van der Waals surface area contributed by atoms with E-state index >= 15 is 0 Å². The van der Waals surface area contributed by atoms with E-state index < -0.39 is 0 Å². The second-order valence-electron chi connectivity index (χ2n) is 4.19. The number of amides is 1. The number of ether oxygens (including phenoxy) is 1. The van der Waals surface area contributed by atoms with Crippen LogP contribution in [0.1, 0.15) is 25.6 Å². The van der Waals surface area contributed by atoms with Crippen LogP contribution in [-0.4, -0.2) is 30.5 Å². The number of rotatable bonds is 3. The third-order valence-corrected chi connectivity index (χ3v) is 3.15. The highest BCUT2D eigenvalue weighted by Crippen LogP contribution is 2.26. The zero-order valence-electron chi connectivity index (χ0n) is 10.4. The summed E-state index contributed by atoms with van der Waals surface area (Å²) in [5.41, 5.74) is 1.09. The molecule has 1 saturated heterocycles. The summed E-state index contributed by atoms with van der Waals surface area (Å²) in [4.78, 5) is 13.7. The fourth-order valence-electron chi connectivity index (χ4n) is 2.17. The second kappa shape index (κ2) is 4.75. The number of methoxy groups -OCH3 is 1. The Morgan fingerprint density at radius 3 is 2.53 bits per heavy atom. The van der Waals surface area contributed by atoms with Crippen LogP contribution in [0.2, 0.25) is 0 Å². The molecule has 2 unspecified atom stereocenters. The molecular formula is C13H18N2O2. The van der Waals surface area contributed by atoms with Crippen molar-refractivity contribution in [1.82, 2.24) is 10.2 Å². The molecule has 0 saturated carbocycles. The molecule has 0 spiro atoms. The van der Waals surface area contributed by atoms with Crippen molar-refractivity contribution in [2.75, 3.05) is 13.7 Å². The molecular weight excluding hydrogens is 216 g/mol. The standard InChI is InChI=1S/C13H18N2O2/c1-4-15-12(14-9(2)13(15)16)10-5-7-11(17-3)8-6-10/h5-9,12,14H,4H2,1-3H3. The largest absolute Gasteiger partial charge is 0.497 e. The SMILES string of the molecule is CCN1C(=O)C(C)NC1c1ccc(OC)cc1. The Morgan fingerprint density at radius 2 is 2.00 bits per heavy atom. The van der Waals surface area contributed by atoms with Crippen LogP contribution >= 0.6 is 0 Å². The molecule has 0 aliphatic carbocycles. The smallest absolute Gasteiger partial charge is 0.241 e. The molecule has 2 atom stereocenters.